The van der Waals surface area contributed by atoms with Crippen molar-refractivity contribution < 1.29 is 0 Å². The molecular weight excluding hydrogens is 252 g/mol. The molecule has 82 valence electrons. The summed E-state index contributed by atoms with van der Waals surface area (Å²) in [5, 5.41) is 0. The minimum Gasteiger partial charge on any atom is -0.371 e. The van der Waals surface area contributed by atoms with E-state index >= 15 is 0 Å². The topological polar surface area (TPSA) is 29.3 Å². The molecule has 0 spiro atoms. The van der Waals surface area contributed by atoms with E-state index in [2.05, 4.69) is 53.0 Å². The highest BCUT2D eigenvalue weighted by Crippen LogP contribution is 2.35. The van der Waals surface area contributed by atoms with Crippen molar-refractivity contribution in [3.63, 3.8) is 0 Å². The zero-order valence-corrected chi connectivity index (χ0v) is 10.8. The molecule has 2 nitrogen and oxygen atoms in total. The van der Waals surface area contributed by atoms with Crippen molar-refractivity contribution in [1.82, 2.24) is 0 Å². The normalized spacial score (nSPS) is 21.6. The van der Waals surface area contributed by atoms with Crippen molar-refractivity contribution in [2.24, 2.45) is 11.7 Å². The molecule has 0 saturated carbocycles. The Morgan fingerprint density at radius 2 is 2.33 bits per heavy atom. The van der Waals surface area contributed by atoms with Crippen molar-refractivity contribution in [3.8, 4) is 0 Å². The molecule has 1 aliphatic heterocycles. The average molecular weight is 269 g/mol. The lowest BCUT2D eigenvalue weighted by molar-refractivity contribution is 0.462. The van der Waals surface area contributed by atoms with Gasteiger partial charge < -0.3 is 10.6 Å². The molecule has 0 radical (unpaired) electrons. The Bertz CT molecular complexity index is 365. The van der Waals surface area contributed by atoms with E-state index in [1.807, 2.05) is 0 Å². The standard InChI is InChI=1S/C12H17BrN2/c1-8(7-14)12-6-9-5-10(13)3-4-11(9)15(12)2/h3-5,8,12H,6-7,14H2,1-2H3. The molecule has 0 aromatic heterocycles. The summed E-state index contributed by atoms with van der Waals surface area (Å²) in [6.45, 7) is 2.98. The maximum atomic E-state index is 5.74. The number of halogens is 1. The van der Waals surface area contributed by atoms with Gasteiger partial charge >= 0.3 is 0 Å². The summed E-state index contributed by atoms with van der Waals surface area (Å²) >= 11 is 3.52. The van der Waals surface area contributed by atoms with E-state index in [0.717, 1.165) is 17.4 Å². The predicted octanol–water partition coefficient (Wildman–Crippen LogP) is 2.40. The number of nitrogens with zero attached hydrogens (tertiary/aromatic N) is 1. The highest BCUT2D eigenvalue weighted by atomic mass is 79.9. The minimum atomic E-state index is 0.543. The summed E-state index contributed by atoms with van der Waals surface area (Å²) in [5.74, 6) is 0.543. The van der Waals surface area contributed by atoms with Crippen LogP contribution in [0.4, 0.5) is 5.69 Å². The van der Waals surface area contributed by atoms with Crippen LogP contribution in [-0.4, -0.2) is 19.6 Å². The Labute approximate surface area is 99.6 Å². The monoisotopic (exact) mass is 268 g/mol. The van der Waals surface area contributed by atoms with Crippen LogP contribution in [0.1, 0.15) is 12.5 Å². The zero-order chi connectivity index (χ0) is 11.0. The fraction of sp³-hybridized carbons (Fsp3) is 0.500. The van der Waals surface area contributed by atoms with Crippen LogP contribution < -0.4 is 10.6 Å². The summed E-state index contributed by atoms with van der Waals surface area (Å²) in [5.41, 5.74) is 8.52. The van der Waals surface area contributed by atoms with Crippen molar-refractivity contribution >= 4 is 21.6 Å². The number of nitrogens with two attached hydrogens (primary N) is 1. The number of rotatable bonds is 2. The highest BCUT2D eigenvalue weighted by Gasteiger charge is 2.29. The first kappa shape index (κ1) is 11.0. The Hall–Kier alpha value is -0.540. The third-order valence-electron chi connectivity index (χ3n) is 3.38. The van der Waals surface area contributed by atoms with Crippen LogP contribution in [0.3, 0.4) is 0 Å². The predicted molar refractivity (Wildman–Crippen MR) is 68.3 cm³/mol. The molecule has 3 heteroatoms. The summed E-state index contributed by atoms with van der Waals surface area (Å²) in [6, 6.07) is 7.06. The number of hydrogen-bond donors (Lipinski definition) is 1. The van der Waals surface area contributed by atoms with E-state index in [-0.39, 0.29) is 0 Å². The van der Waals surface area contributed by atoms with Gasteiger partial charge in [-0.25, -0.2) is 0 Å². The van der Waals surface area contributed by atoms with Crippen molar-refractivity contribution in [3.05, 3.63) is 28.2 Å². The molecule has 0 fully saturated rings. The van der Waals surface area contributed by atoms with Crippen LogP contribution in [0.25, 0.3) is 0 Å². The first-order valence-electron chi connectivity index (χ1n) is 5.35. The molecule has 2 unspecified atom stereocenters. The van der Waals surface area contributed by atoms with Gasteiger partial charge in [0.15, 0.2) is 0 Å². The molecule has 0 bridgehead atoms. The number of likely N-dealkylation sites (N-methyl/N-ethyl adjacent to an activating group) is 1. The Balaban J connectivity index is 2.28. The molecule has 15 heavy (non-hydrogen) atoms. The van der Waals surface area contributed by atoms with E-state index < -0.39 is 0 Å². The van der Waals surface area contributed by atoms with Gasteiger partial charge in [-0.05, 0) is 42.6 Å². The van der Waals surface area contributed by atoms with Gasteiger partial charge in [-0.3, -0.25) is 0 Å². The minimum absolute atomic E-state index is 0.543. The second kappa shape index (κ2) is 4.14. The van der Waals surface area contributed by atoms with Crippen LogP contribution >= 0.6 is 15.9 Å². The first-order chi connectivity index (χ1) is 7.13. The summed E-state index contributed by atoms with van der Waals surface area (Å²) < 4.78 is 1.16. The van der Waals surface area contributed by atoms with Crippen LogP contribution in [0.2, 0.25) is 0 Å². The molecule has 2 rings (SSSR count). The smallest absolute Gasteiger partial charge is 0.0400 e. The number of hydrogen-bond acceptors (Lipinski definition) is 2. The Morgan fingerprint density at radius 1 is 1.60 bits per heavy atom. The summed E-state index contributed by atoms with van der Waals surface area (Å²) in [7, 11) is 2.16. The van der Waals surface area contributed by atoms with Gasteiger partial charge in [0.05, 0.1) is 0 Å². The molecule has 1 aliphatic rings. The number of benzene rings is 1. The third-order valence-corrected chi connectivity index (χ3v) is 3.87. The maximum absolute atomic E-state index is 5.74. The summed E-state index contributed by atoms with van der Waals surface area (Å²) in [4.78, 5) is 2.36. The largest absolute Gasteiger partial charge is 0.371 e. The molecule has 1 aromatic rings. The zero-order valence-electron chi connectivity index (χ0n) is 9.20. The Kier molecular flexibility index (Phi) is 3.03. The highest BCUT2D eigenvalue weighted by molar-refractivity contribution is 9.10. The lowest BCUT2D eigenvalue weighted by atomic mass is 9.98. The number of fused-ring (bicyclic) bond motifs is 1. The lowest BCUT2D eigenvalue weighted by Gasteiger charge is -2.27. The van der Waals surface area contributed by atoms with Crippen LogP contribution in [-0.2, 0) is 6.42 Å². The first-order valence-corrected chi connectivity index (χ1v) is 6.14. The quantitative estimate of drug-likeness (QED) is 0.893. The van der Waals surface area contributed by atoms with Gasteiger partial charge in [0, 0.05) is 23.2 Å². The molecule has 1 heterocycles. The van der Waals surface area contributed by atoms with Gasteiger partial charge in [-0.2, -0.15) is 0 Å². The van der Waals surface area contributed by atoms with E-state index in [4.69, 9.17) is 5.73 Å². The summed E-state index contributed by atoms with van der Waals surface area (Å²) in [6.07, 6.45) is 1.11. The van der Waals surface area contributed by atoms with E-state index in [1.165, 1.54) is 11.3 Å². The van der Waals surface area contributed by atoms with Crippen molar-refractivity contribution in [2.45, 2.75) is 19.4 Å². The second-order valence-corrected chi connectivity index (χ2v) is 5.28. The van der Waals surface area contributed by atoms with Gasteiger partial charge in [-0.1, -0.05) is 22.9 Å². The third kappa shape index (κ3) is 1.91. The fourth-order valence-electron chi connectivity index (χ4n) is 2.34. The lowest BCUT2D eigenvalue weighted by Crippen LogP contribution is -2.37. The van der Waals surface area contributed by atoms with Crippen molar-refractivity contribution in [2.75, 3.05) is 18.5 Å². The van der Waals surface area contributed by atoms with Crippen LogP contribution in [0.5, 0.6) is 0 Å². The van der Waals surface area contributed by atoms with E-state index in [9.17, 15) is 0 Å². The second-order valence-electron chi connectivity index (χ2n) is 4.37. The maximum Gasteiger partial charge on any atom is 0.0400 e. The number of anilines is 1. The van der Waals surface area contributed by atoms with Gasteiger partial charge in [0.2, 0.25) is 0 Å². The van der Waals surface area contributed by atoms with Crippen LogP contribution in [0.15, 0.2) is 22.7 Å². The molecule has 2 atom stereocenters. The molecule has 0 aliphatic carbocycles. The van der Waals surface area contributed by atoms with Gasteiger partial charge in [0.1, 0.15) is 0 Å². The SMILES string of the molecule is CC(CN)C1Cc2cc(Br)ccc2N1C. The molecule has 0 saturated heterocycles. The molecular formula is C12H17BrN2. The van der Waals surface area contributed by atoms with Gasteiger partial charge in [-0.15, -0.1) is 0 Å². The fourth-order valence-corrected chi connectivity index (χ4v) is 2.75. The molecule has 2 N–H and O–H groups in total. The Morgan fingerprint density at radius 3 is 3.00 bits per heavy atom. The van der Waals surface area contributed by atoms with Crippen LogP contribution in [0, 0.1) is 5.92 Å². The van der Waals surface area contributed by atoms with E-state index in [0.29, 0.717) is 12.0 Å². The average Bonchev–Trinajstić information content (AvgIpc) is 2.54. The van der Waals surface area contributed by atoms with Crippen molar-refractivity contribution in [1.29, 1.82) is 0 Å². The molecule has 1 aromatic carbocycles. The van der Waals surface area contributed by atoms with E-state index in [1.54, 1.807) is 0 Å². The van der Waals surface area contributed by atoms with Gasteiger partial charge in [0.25, 0.3) is 0 Å². The molecule has 0 amide bonds.